The molecule has 1 atom stereocenters. The number of carboxylic acid groups (broad SMARTS) is 1. The van der Waals surface area contributed by atoms with Gasteiger partial charge in [-0.25, -0.2) is 9.78 Å². The van der Waals surface area contributed by atoms with Gasteiger partial charge in [-0.3, -0.25) is 9.78 Å². The van der Waals surface area contributed by atoms with Crippen LogP contribution in [0.25, 0.3) is 22.4 Å². The molecule has 4 aromatic rings. The summed E-state index contributed by atoms with van der Waals surface area (Å²) in [5.41, 5.74) is 3.54. The third-order valence-electron chi connectivity index (χ3n) is 5.21. The maximum absolute atomic E-state index is 12.9. The van der Waals surface area contributed by atoms with Crippen LogP contribution in [0, 0.1) is 0 Å². The van der Waals surface area contributed by atoms with Crippen molar-refractivity contribution in [1.82, 2.24) is 20.3 Å². The number of anilines is 1. The van der Waals surface area contributed by atoms with Crippen LogP contribution in [-0.2, 0) is 4.79 Å². The molecule has 0 spiro atoms. The van der Waals surface area contributed by atoms with Crippen LogP contribution in [0.5, 0.6) is 0 Å². The largest absolute Gasteiger partial charge is 0.480 e. The average Bonchev–Trinajstić information content (AvgIpc) is 3.26. The molecular weight excluding hydrogens is 406 g/mol. The molecule has 8 nitrogen and oxygen atoms in total. The SMILES string of the molecule is CCN(CC(NC(=O)c1ccc2nc(-c3ccncc3)[nH]c2c1)C(=O)O)c1ccccc1. The number of nitrogens with one attached hydrogen (secondary N) is 2. The van der Waals surface area contributed by atoms with Gasteiger partial charge < -0.3 is 20.3 Å². The van der Waals surface area contributed by atoms with Crippen molar-refractivity contribution in [3.8, 4) is 11.4 Å². The first-order valence-electron chi connectivity index (χ1n) is 10.3. The van der Waals surface area contributed by atoms with Crippen molar-refractivity contribution in [1.29, 1.82) is 0 Å². The van der Waals surface area contributed by atoms with Gasteiger partial charge in [-0.2, -0.15) is 0 Å². The number of nitrogens with zero attached hydrogens (tertiary/aromatic N) is 3. The molecule has 0 aliphatic heterocycles. The van der Waals surface area contributed by atoms with E-state index in [2.05, 4.69) is 20.3 Å². The van der Waals surface area contributed by atoms with Gasteiger partial charge in [0.15, 0.2) is 0 Å². The third-order valence-corrected chi connectivity index (χ3v) is 5.21. The van der Waals surface area contributed by atoms with Crippen molar-refractivity contribution in [3.05, 3.63) is 78.6 Å². The summed E-state index contributed by atoms with van der Waals surface area (Å²) in [6.07, 6.45) is 3.37. The second-order valence-corrected chi connectivity index (χ2v) is 7.29. The number of amides is 1. The molecule has 1 amide bonds. The van der Waals surface area contributed by atoms with Crippen molar-refractivity contribution in [2.45, 2.75) is 13.0 Å². The Morgan fingerprint density at radius 1 is 1.09 bits per heavy atom. The zero-order valence-corrected chi connectivity index (χ0v) is 17.5. The number of aromatic nitrogens is 3. The number of imidazole rings is 1. The summed E-state index contributed by atoms with van der Waals surface area (Å²) in [4.78, 5) is 38.4. The predicted octanol–water partition coefficient (Wildman–Crippen LogP) is 3.33. The van der Waals surface area contributed by atoms with E-state index in [1.807, 2.05) is 54.3 Å². The smallest absolute Gasteiger partial charge is 0.328 e. The zero-order valence-electron chi connectivity index (χ0n) is 17.5. The standard InChI is InChI=1S/C24H23N5O3/c1-2-29(18-6-4-3-5-7-18)15-21(24(31)32)28-23(30)17-8-9-19-20(14-17)27-22(26-19)16-10-12-25-13-11-16/h3-14,21H,2,15H2,1H3,(H,26,27)(H,28,30)(H,31,32). The highest BCUT2D eigenvalue weighted by Crippen LogP contribution is 2.21. The number of H-pyrrole nitrogens is 1. The van der Waals surface area contributed by atoms with Crippen LogP contribution < -0.4 is 10.2 Å². The maximum Gasteiger partial charge on any atom is 0.328 e. The predicted molar refractivity (Wildman–Crippen MR) is 123 cm³/mol. The van der Waals surface area contributed by atoms with Gasteiger partial charge in [0, 0.05) is 42.3 Å². The van der Waals surface area contributed by atoms with E-state index < -0.39 is 17.9 Å². The van der Waals surface area contributed by atoms with Crippen molar-refractivity contribution in [2.24, 2.45) is 0 Å². The average molecular weight is 429 g/mol. The first-order valence-corrected chi connectivity index (χ1v) is 10.3. The molecular formula is C24H23N5O3. The van der Waals surface area contributed by atoms with Gasteiger partial charge >= 0.3 is 5.97 Å². The lowest BCUT2D eigenvalue weighted by molar-refractivity contribution is -0.139. The highest BCUT2D eigenvalue weighted by Gasteiger charge is 2.24. The summed E-state index contributed by atoms with van der Waals surface area (Å²) in [5, 5.41) is 12.3. The minimum Gasteiger partial charge on any atom is -0.480 e. The molecule has 0 saturated heterocycles. The molecule has 0 fully saturated rings. The molecule has 0 aliphatic carbocycles. The number of aliphatic carboxylic acids is 1. The number of hydrogen-bond acceptors (Lipinski definition) is 5. The Bertz CT molecular complexity index is 1220. The number of likely N-dealkylation sites (N-methyl/N-ethyl adjacent to an activating group) is 1. The van der Waals surface area contributed by atoms with Crippen molar-refractivity contribution in [3.63, 3.8) is 0 Å². The van der Waals surface area contributed by atoms with E-state index in [0.29, 0.717) is 29.0 Å². The van der Waals surface area contributed by atoms with E-state index in [1.54, 1.807) is 30.6 Å². The van der Waals surface area contributed by atoms with E-state index in [-0.39, 0.29) is 6.54 Å². The summed E-state index contributed by atoms with van der Waals surface area (Å²) in [5.74, 6) is -0.872. The van der Waals surface area contributed by atoms with Crippen molar-refractivity contribution >= 4 is 28.6 Å². The normalized spacial score (nSPS) is 11.8. The highest BCUT2D eigenvalue weighted by atomic mass is 16.4. The number of hydrogen-bond donors (Lipinski definition) is 3. The van der Waals surface area contributed by atoms with Crippen LogP contribution in [0.4, 0.5) is 5.69 Å². The molecule has 3 N–H and O–H groups in total. The minimum atomic E-state index is -1.09. The van der Waals surface area contributed by atoms with Gasteiger partial charge in [0.1, 0.15) is 11.9 Å². The van der Waals surface area contributed by atoms with Gasteiger partial charge in [0.2, 0.25) is 0 Å². The summed E-state index contributed by atoms with van der Waals surface area (Å²) in [7, 11) is 0. The van der Waals surface area contributed by atoms with E-state index in [1.165, 1.54) is 0 Å². The quantitative estimate of drug-likeness (QED) is 0.396. The van der Waals surface area contributed by atoms with Crippen LogP contribution in [-0.4, -0.2) is 51.1 Å². The van der Waals surface area contributed by atoms with Crippen LogP contribution >= 0.6 is 0 Å². The van der Waals surface area contributed by atoms with Crippen LogP contribution in [0.3, 0.4) is 0 Å². The first-order chi connectivity index (χ1) is 15.5. The molecule has 8 heteroatoms. The van der Waals surface area contributed by atoms with E-state index in [0.717, 1.165) is 11.3 Å². The third kappa shape index (κ3) is 4.59. The van der Waals surface area contributed by atoms with Crippen LogP contribution in [0.15, 0.2) is 73.1 Å². The molecule has 0 radical (unpaired) electrons. The number of pyridine rings is 1. The number of carbonyl (C=O) groups is 2. The van der Waals surface area contributed by atoms with Crippen molar-refractivity contribution < 1.29 is 14.7 Å². The topological polar surface area (TPSA) is 111 Å². The second kappa shape index (κ2) is 9.30. The number of benzene rings is 2. The number of carbonyl (C=O) groups excluding carboxylic acids is 1. The fourth-order valence-electron chi connectivity index (χ4n) is 3.50. The molecule has 2 heterocycles. The number of carboxylic acids is 1. The Balaban J connectivity index is 1.52. The molecule has 1 unspecified atom stereocenters. The Labute approximate surface area is 184 Å². The monoisotopic (exact) mass is 429 g/mol. The summed E-state index contributed by atoms with van der Waals surface area (Å²) < 4.78 is 0. The Morgan fingerprint density at radius 2 is 1.84 bits per heavy atom. The number of fused-ring (bicyclic) bond motifs is 1. The lowest BCUT2D eigenvalue weighted by atomic mass is 10.1. The fourth-order valence-corrected chi connectivity index (χ4v) is 3.50. The molecule has 0 bridgehead atoms. The zero-order chi connectivity index (χ0) is 22.5. The Morgan fingerprint density at radius 3 is 2.53 bits per heavy atom. The second-order valence-electron chi connectivity index (χ2n) is 7.29. The lowest BCUT2D eigenvalue weighted by Crippen LogP contribution is -2.48. The van der Waals surface area contributed by atoms with Gasteiger partial charge in [0.05, 0.1) is 11.0 Å². The van der Waals surface area contributed by atoms with Crippen molar-refractivity contribution in [2.75, 3.05) is 18.0 Å². The molecule has 0 aliphatic rings. The number of rotatable bonds is 8. The van der Waals surface area contributed by atoms with Crippen LogP contribution in [0.1, 0.15) is 17.3 Å². The minimum absolute atomic E-state index is 0.153. The summed E-state index contributed by atoms with van der Waals surface area (Å²) in [6, 6.07) is 17.2. The summed E-state index contributed by atoms with van der Waals surface area (Å²) in [6.45, 7) is 2.71. The fraction of sp³-hybridized carbons (Fsp3) is 0.167. The van der Waals surface area contributed by atoms with E-state index >= 15 is 0 Å². The lowest BCUT2D eigenvalue weighted by Gasteiger charge is -2.27. The Kier molecular flexibility index (Phi) is 6.12. The summed E-state index contributed by atoms with van der Waals surface area (Å²) >= 11 is 0. The van der Waals surface area contributed by atoms with E-state index in [9.17, 15) is 14.7 Å². The van der Waals surface area contributed by atoms with Crippen LogP contribution in [0.2, 0.25) is 0 Å². The van der Waals surface area contributed by atoms with Gasteiger partial charge in [0.25, 0.3) is 5.91 Å². The molecule has 2 aromatic carbocycles. The molecule has 0 saturated carbocycles. The number of para-hydroxylation sites is 1. The molecule has 162 valence electrons. The highest BCUT2D eigenvalue weighted by molar-refractivity contribution is 5.99. The Hall–Kier alpha value is -4.20. The van der Waals surface area contributed by atoms with Gasteiger partial charge in [-0.15, -0.1) is 0 Å². The first kappa shape index (κ1) is 21.0. The van der Waals surface area contributed by atoms with Gasteiger partial charge in [-0.1, -0.05) is 18.2 Å². The number of aromatic amines is 1. The van der Waals surface area contributed by atoms with Gasteiger partial charge in [-0.05, 0) is 49.4 Å². The van der Waals surface area contributed by atoms with E-state index in [4.69, 9.17) is 0 Å². The molecule has 4 rings (SSSR count). The maximum atomic E-state index is 12.9. The molecule has 2 aromatic heterocycles. The molecule has 32 heavy (non-hydrogen) atoms.